The smallest absolute Gasteiger partial charge is 0.273 e. The van der Waals surface area contributed by atoms with Gasteiger partial charge >= 0.3 is 0 Å². The number of hydrogen-bond acceptors (Lipinski definition) is 3. The Morgan fingerprint density at radius 3 is 2.46 bits per heavy atom. The van der Waals surface area contributed by atoms with Gasteiger partial charge in [-0.1, -0.05) is 61.7 Å². The maximum Gasteiger partial charge on any atom is 0.288 e. The number of hydrazine groups is 1. The Morgan fingerprint density at radius 1 is 1.07 bits per heavy atom. The van der Waals surface area contributed by atoms with Crippen LogP contribution in [0.1, 0.15) is 34.5 Å². The van der Waals surface area contributed by atoms with Crippen LogP contribution in [0.5, 0.6) is 0 Å². The minimum Gasteiger partial charge on any atom is -0.273 e. The molecule has 0 saturated heterocycles. The van der Waals surface area contributed by atoms with Crippen molar-refractivity contribution in [2.75, 3.05) is 0 Å². The first-order valence-electron chi connectivity index (χ1n) is 8.79. The van der Waals surface area contributed by atoms with Gasteiger partial charge in [0.05, 0.1) is 0 Å². The highest BCUT2D eigenvalue weighted by atomic mass is 79.9. The summed E-state index contributed by atoms with van der Waals surface area (Å²) < 4.78 is 0.553. The largest absolute Gasteiger partial charge is 0.288 e. The number of halogens is 1. The first-order valence-corrected chi connectivity index (χ1v) is 9.59. The van der Waals surface area contributed by atoms with Gasteiger partial charge in [0.25, 0.3) is 5.91 Å². The van der Waals surface area contributed by atoms with Crippen LogP contribution in [-0.4, -0.2) is 16.8 Å². The molecule has 0 saturated carbocycles. The predicted octanol–water partition coefficient (Wildman–Crippen LogP) is 4.38. The lowest BCUT2D eigenvalue weighted by Gasteiger charge is -2.08. The van der Waals surface area contributed by atoms with Crippen molar-refractivity contribution in [3.63, 3.8) is 0 Å². The van der Waals surface area contributed by atoms with Crippen LogP contribution in [0.2, 0.25) is 0 Å². The van der Waals surface area contributed by atoms with Gasteiger partial charge in [0.2, 0.25) is 5.91 Å². The lowest BCUT2D eigenvalue weighted by molar-refractivity contribution is -0.121. The molecular weight excluding hydrogens is 418 g/mol. The first kappa shape index (κ1) is 21.3. The fourth-order valence-electron chi connectivity index (χ4n) is 2.51. The monoisotopic (exact) mass is 439 g/mol. The van der Waals surface area contributed by atoms with Gasteiger partial charge in [-0.05, 0) is 57.6 Å². The Hall–Kier alpha value is -2.99. The number of aromatic nitrogens is 1. The average Bonchev–Trinajstić information content (AvgIpc) is 2.71. The molecule has 2 N–H and O–H groups in total. The van der Waals surface area contributed by atoms with E-state index in [0.29, 0.717) is 17.4 Å². The van der Waals surface area contributed by atoms with Gasteiger partial charge in [-0.15, -0.1) is 0 Å². The number of nitrogens with one attached hydrogen (secondary N) is 2. The molecule has 144 valence electrons. The second kappa shape index (κ2) is 11.0. The number of hydrogen-bond donors (Lipinski definition) is 2. The molecule has 28 heavy (non-hydrogen) atoms. The van der Waals surface area contributed by atoms with Crippen molar-refractivity contribution in [3.05, 3.63) is 95.3 Å². The highest BCUT2D eigenvalue weighted by Gasteiger charge is 2.09. The van der Waals surface area contributed by atoms with Crippen molar-refractivity contribution in [1.29, 1.82) is 0 Å². The fraction of sp³-hybridized carbons (Fsp3) is 0.136. The number of aryl methyl sites for hydroxylation is 1. The van der Waals surface area contributed by atoms with E-state index in [9.17, 15) is 9.59 Å². The van der Waals surface area contributed by atoms with Crippen LogP contribution in [0.3, 0.4) is 0 Å². The summed E-state index contributed by atoms with van der Waals surface area (Å²) in [4.78, 5) is 27.9. The van der Waals surface area contributed by atoms with Gasteiger partial charge in [-0.25, -0.2) is 4.98 Å². The standard InChI is InChI=1S/C22H22BrN3O2/c1-3-7-17(4-2)18-14-12-16(13-15-18)8-5-11-21(27)25-26-22(28)19-9-6-10-20(23)24-19/h3-4,6-7,9-10,12-15H,1-2,5,8,11H2,(H,25,27)(H,26,28)/b17-7+. The Balaban J connectivity index is 1.76. The number of carbonyl (C=O) groups excluding carboxylic acids is 2. The van der Waals surface area contributed by atoms with Gasteiger partial charge in [0.1, 0.15) is 10.3 Å². The van der Waals surface area contributed by atoms with Gasteiger partial charge in [-0.3, -0.25) is 20.4 Å². The van der Waals surface area contributed by atoms with E-state index in [1.807, 2.05) is 30.3 Å². The van der Waals surface area contributed by atoms with Crippen LogP contribution in [0.25, 0.3) is 5.57 Å². The minimum atomic E-state index is -0.462. The molecule has 0 fully saturated rings. The summed E-state index contributed by atoms with van der Waals surface area (Å²) >= 11 is 3.20. The molecule has 0 bridgehead atoms. The molecule has 0 unspecified atom stereocenters. The molecule has 0 spiro atoms. The van der Waals surface area contributed by atoms with E-state index in [0.717, 1.165) is 23.1 Å². The van der Waals surface area contributed by atoms with Crippen molar-refractivity contribution < 1.29 is 9.59 Å². The molecule has 2 rings (SSSR count). The van der Waals surface area contributed by atoms with Crippen molar-refractivity contribution in [2.24, 2.45) is 0 Å². The third-order valence-electron chi connectivity index (χ3n) is 3.94. The number of allylic oxidation sites excluding steroid dienone is 4. The molecule has 1 aromatic heterocycles. The van der Waals surface area contributed by atoms with Crippen LogP contribution >= 0.6 is 15.9 Å². The van der Waals surface area contributed by atoms with Crippen LogP contribution < -0.4 is 10.9 Å². The molecule has 5 nitrogen and oxygen atoms in total. The van der Waals surface area contributed by atoms with Crippen LogP contribution in [0, 0.1) is 0 Å². The number of rotatable bonds is 8. The Labute approximate surface area is 173 Å². The second-order valence-corrected chi connectivity index (χ2v) is 6.77. The summed E-state index contributed by atoms with van der Waals surface area (Å²) in [5, 5.41) is 0. The van der Waals surface area contributed by atoms with E-state index >= 15 is 0 Å². The van der Waals surface area contributed by atoms with E-state index < -0.39 is 5.91 Å². The molecule has 0 aliphatic heterocycles. The minimum absolute atomic E-state index is 0.221. The van der Waals surface area contributed by atoms with E-state index in [1.165, 1.54) is 0 Å². The number of pyridine rings is 1. The average molecular weight is 440 g/mol. The van der Waals surface area contributed by atoms with Crippen molar-refractivity contribution in [3.8, 4) is 0 Å². The highest BCUT2D eigenvalue weighted by Crippen LogP contribution is 2.17. The van der Waals surface area contributed by atoms with E-state index in [2.05, 4.69) is 44.9 Å². The summed E-state index contributed by atoms with van der Waals surface area (Å²) in [6.07, 6.45) is 7.18. The molecule has 1 aromatic carbocycles. The molecule has 2 amide bonds. The van der Waals surface area contributed by atoms with Crippen molar-refractivity contribution >= 4 is 33.3 Å². The molecule has 0 aliphatic rings. The number of carbonyl (C=O) groups is 2. The zero-order valence-corrected chi connectivity index (χ0v) is 17.0. The predicted molar refractivity (Wildman–Crippen MR) is 115 cm³/mol. The van der Waals surface area contributed by atoms with E-state index in [-0.39, 0.29) is 11.6 Å². The highest BCUT2D eigenvalue weighted by molar-refractivity contribution is 9.10. The topological polar surface area (TPSA) is 71.1 Å². The molecule has 6 heteroatoms. The van der Waals surface area contributed by atoms with Crippen LogP contribution in [0.4, 0.5) is 0 Å². The summed E-state index contributed by atoms with van der Waals surface area (Å²) in [5.41, 5.74) is 8.22. The molecule has 2 aromatic rings. The number of amides is 2. The van der Waals surface area contributed by atoms with E-state index in [1.54, 1.807) is 30.4 Å². The number of nitrogens with zero attached hydrogens (tertiary/aromatic N) is 1. The zero-order valence-electron chi connectivity index (χ0n) is 15.5. The van der Waals surface area contributed by atoms with Gasteiger partial charge < -0.3 is 0 Å². The molecule has 0 aliphatic carbocycles. The van der Waals surface area contributed by atoms with Crippen LogP contribution in [-0.2, 0) is 11.2 Å². The van der Waals surface area contributed by atoms with E-state index in [4.69, 9.17) is 0 Å². The second-order valence-electron chi connectivity index (χ2n) is 5.96. The lowest BCUT2D eigenvalue weighted by Crippen LogP contribution is -2.41. The number of benzene rings is 1. The third kappa shape index (κ3) is 6.63. The fourth-order valence-corrected chi connectivity index (χ4v) is 2.86. The quantitative estimate of drug-likeness (QED) is 0.364. The Morgan fingerprint density at radius 2 is 1.82 bits per heavy atom. The lowest BCUT2D eigenvalue weighted by atomic mass is 10.0. The summed E-state index contributed by atoms with van der Waals surface area (Å²) in [6.45, 7) is 7.51. The first-order chi connectivity index (χ1) is 13.5. The molecule has 0 radical (unpaired) electrons. The maximum atomic E-state index is 11.9. The van der Waals surface area contributed by atoms with Crippen molar-refractivity contribution in [1.82, 2.24) is 15.8 Å². The Bertz CT molecular complexity index is 889. The summed E-state index contributed by atoms with van der Waals surface area (Å²) in [6, 6.07) is 13.1. The SMILES string of the molecule is C=C/C=C(\C=C)c1ccc(CCCC(=O)NNC(=O)c2cccc(Br)n2)cc1. The molecule has 1 heterocycles. The normalized spacial score (nSPS) is 10.8. The molecule has 0 atom stereocenters. The van der Waals surface area contributed by atoms with Crippen molar-refractivity contribution in [2.45, 2.75) is 19.3 Å². The van der Waals surface area contributed by atoms with Gasteiger partial charge in [-0.2, -0.15) is 0 Å². The summed E-state index contributed by atoms with van der Waals surface area (Å²) in [7, 11) is 0. The zero-order chi connectivity index (χ0) is 20.4. The Kier molecular flexibility index (Phi) is 8.37. The maximum absolute atomic E-state index is 11.9. The van der Waals surface area contributed by atoms with Crippen LogP contribution in [0.15, 0.2) is 78.5 Å². The third-order valence-corrected chi connectivity index (χ3v) is 4.38. The summed E-state index contributed by atoms with van der Waals surface area (Å²) in [5.74, 6) is -0.710. The van der Waals surface area contributed by atoms with Gasteiger partial charge in [0, 0.05) is 6.42 Å². The molecular formula is C22H22BrN3O2. The van der Waals surface area contributed by atoms with Gasteiger partial charge in [0.15, 0.2) is 0 Å².